The molecular weight excluding hydrogens is 471 g/mol. The van der Waals surface area contributed by atoms with Gasteiger partial charge in [-0.3, -0.25) is 4.79 Å². The Morgan fingerprint density at radius 2 is 2.11 bits per heavy atom. The highest BCUT2D eigenvalue weighted by molar-refractivity contribution is 14.1. The second kappa shape index (κ2) is 9.41. The fourth-order valence-corrected chi connectivity index (χ4v) is 3.17. The molecule has 0 radical (unpaired) electrons. The monoisotopic (exact) mass is 490 g/mol. The third kappa shape index (κ3) is 4.92. The number of hydrogen-bond acceptors (Lipinski definition) is 5. The average molecular weight is 490 g/mol. The van der Waals surface area contributed by atoms with Crippen LogP contribution in [0.15, 0.2) is 64.6 Å². The van der Waals surface area contributed by atoms with Gasteiger partial charge < -0.3 is 13.9 Å². The number of furan rings is 1. The van der Waals surface area contributed by atoms with Gasteiger partial charge in [-0.15, -0.1) is 0 Å². The first kappa shape index (κ1) is 19.9. The van der Waals surface area contributed by atoms with Crippen LogP contribution in [-0.4, -0.2) is 25.3 Å². The molecule has 3 rings (SSSR count). The molecule has 0 fully saturated rings. The summed E-state index contributed by atoms with van der Waals surface area (Å²) in [6, 6.07) is 12.7. The molecule has 0 aliphatic heterocycles. The number of carbonyl (C=O) groups excluding carboxylic acids is 1. The van der Waals surface area contributed by atoms with Crippen LogP contribution in [0.5, 0.6) is 11.5 Å². The summed E-state index contributed by atoms with van der Waals surface area (Å²) in [5.41, 5.74) is 3.92. The molecule has 1 N–H and O–H groups in total. The number of halogens is 1. The van der Waals surface area contributed by atoms with Crippen LogP contribution >= 0.6 is 22.6 Å². The van der Waals surface area contributed by atoms with E-state index in [1.807, 2.05) is 31.2 Å². The first-order valence-electron chi connectivity index (χ1n) is 8.63. The highest BCUT2D eigenvalue weighted by Gasteiger charge is 2.12. The van der Waals surface area contributed by atoms with Crippen LogP contribution in [0.4, 0.5) is 0 Å². The van der Waals surface area contributed by atoms with E-state index in [4.69, 9.17) is 13.9 Å². The average Bonchev–Trinajstić information content (AvgIpc) is 3.11. The molecule has 0 bridgehead atoms. The van der Waals surface area contributed by atoms with Crippen LogP contribution in [0, 0.1) is 3.57 Å². The van der Waals surface area contributed by atoms with Gasteiger partial charge >= 0.3 is 5.91 Å². The van der Waals surface area contributed by atoms with Gasteiger partial charge in [-0.25, -0.2) is 5.43 Å². The molecule has 1 aromatic heterocycles. The first-order chi connectivity index (χ1) is 13.6. The second-order valence-corrected chi connectivity index (χ2v) is 6.89. The van der Waals surface area contributed by atoms with Crippen LogP contribution in [0.25, 0.3) is 11.0 Å². The number of carbonyl (C=O) groups is 1. The van der Waals surface area contributed by atoms with Gasteiger partial charge in [-0.2, -0.15) is 5.10 Å². The Morgan fingerprint density at radius 3 is 2.86 bits per heavy atom. The van der Waals surface area contributed by atoms with Crippen LogP contribution in [0.2, 0.25) is 0 Å². The van der Waals surface area contributed by atoms with E-state index < -0.39 is 5.91 Å². The summed E-state index contributed by atoms with van der Waals surface area (Å²) in [5, 5.41) is 4.79. The van der Waals surface area contributed by atoms with Crippen molar-refractivity contribution in [2.45, 2.75) is 6.92 Å². The minimum absolute atomic E-state index is 0.184. The first-order valence-corrected chi connectivity index (χ1v) is 9.71. The van der Waals surface area contributed by atoms with E-state index in [0.717, 1.165) is 26.0 Å². The number of hydrazone groups is 1. The van der Waals surface area contributed by atoms with Crippen molar-refractivity contribution in [3.05, 3.63) is 70.0 Å². The molecule has 28 heavy (non-hydrogen) atoms. The third-order valence-corrected chi connectivity index (χ3v) is 4.56. The summed E-state index contributed by atoms with van der Waals surface area (Å²) in [6.45, 7) is 6.57. The summed E-state index contributed by atoms with van der Waals surface area (Å²) >= 11 is 2.18. The fraction of sp³-hybridized carbons (Fsp3) is 0.143. The summed E-state index contributed by atoms with van der Waals surface area (Å²) in [4.78, 5) is 12.3. The molecular formula is C21H19IN2O4. The van der Waals surface area contributed by atoms with E-state index in [9.17, 15) is 4.79 Å². The Morgan fingerprint density at radius 1 is 1.25 bits per heavy atom. The molecule has 0 atom stereocenters. The standard InChI is InChI=1S/C21H19IN2O4/c1-3-9-27-19-7-5-14(10-17(19)22)13-23-24-21(25)20-12-15-11-16(26-4-2)6-8-18(15)28-20/h3,5-8,10-13H,1,4,9H2,2H3,(H,24,25)/b23-13+. The second-order valence-electron chi connectivity index (χ2n) is 5.73. The topological polar surface area (TPSA) is 73.1 Å². The maximum Gasteiger partial charge on any atom is 0.307 e. The molecule has 0 saturated heterocycles. The van der Waals surface area contributed by atoms with Gasteiger partial charge in [0.05, 0.1) is 16.4 Å². The van der Waals surface area contributed by atoms with Gasteiger partial charge in [0.25, 0.3) is 0 Å². The lowest BCUT2D eigenvalue weighted by atomic mass is 10.2. The fourth-order valence-electron chi connectivity index (χ4n) is 2.47. The van der Waals surface area contributed by atoms with Crippen molar-refractivity contribution in [1.82, 2.24) is 5.43 Å². The molecule has 0 unspecified atom stereocenters. The number of hydrogen-bond donors (Lipinski definition) is 1. The Bertz CT molecular complexity index is 1030. The van der Waals surface area contributed by atoms with E-state index in [1.54, 1.807) is 30.5 Å². The Labute approximate surface area is 176 Å². The zero-order valence-electron chi connectivity index (χ0n) is 15.3. The molecule has 0 saturated carbocycles. The third-order valence-electron chi connectivity index (χ3n) is 3.71. The van der Waals surface area contributed by atoms with Gasteiger partial charge in [-0.05, 0) is 77.5 Å². The maximum absolute atomic E-state index is 12.3. The highest BCUT2D eigenvalue weighted by atomic mass is 127. The van der Waals surface area contributed by atoms with E-state index in [2.05, 4.69) is 39.7 Å². The molecule has 2 aromatic carbocycles. The van der Waals surface area contributed by atoms with Gasteiger partial charge in [0.2, 0.25) is 0 Å². The van der Waals surface area contributed by atoms with Crippen LogP contribution in [0.1, 0.15) is 23.0 Å². The number of amides is 1. The molecule has 0 spiro atoms. The zero-order valence-corrected chi connectivity index (χ0v) is 17.4. The Kier molecular flexibility index (Phi) is 6.70. The van der Waals surface area contributed by atoms with Crippen molar-refractivity contribution in [2.24, 2.45) is 5.10 Å². The largest absolute Gasteiger partial charge is 0.494 e. The molecule has 3 aromatic rings. The quantitative estimate of drug-likeness (QED) is 0.214. The van der Waals surface area contributed by atoms with Gasteiger partial charge in [0, 0.05) is 5.39 Å². The molecule has 7 heteroatoms. The van der Waals surface area contributed by atoms with E-state index in [1.165, 1.54) is 0 Å². The summed E-state index contributed by atoms with van der Waals surface area (Å²) < 4.78 is 17.5. The zero-order chi connectivity index (χ0) is 19.9. The van der Waals surface area contributed by atoms with Crippen LogP contribution in [0.3, 0.4) is 0 Å². The number of rotatable bonds is 8. The summed E-state index contributed by atoms with van der Waals surface area (Å²) in [6.07, 6.45) is 3.25. The van der Waals surface area contributed by atoms with Crippen molar-refractivity contribution in [2.75, 3.05) is 13.2 Å². The maximum atomic E-state index is 12.3. The van der Waals surface area contributed by atoms with Crippen LogP contribution < -0.4 is 14.9 Å². The van der Waals surface area contributed by atoms with Crippen molar-refractivity contribution in [1.29, 1.82) is 0 Å². The Balaban J connectivity index is 1.65. The predicted molar refractivity (Wildman–Crippen MR) is 117 cm³/mol. The molecule has 1 heterocycles. The van der Waals surface area contributed by atoms with Crippen molar-refractivity contribution in [3.8, 4) is 11.5 Å². The smallest absolute Gasteiger partial charge is 0.307 e. The minimum Gasteiger partial charge on any atom is -0.494 e. The van der Waals surface area contributed by atoms with E-state index in [0.29, 0.717) is 18.8 Å². The van der Waals surface area contributed by atoms with Crippen molar-refractivity contribution in [3.63, 3.8) is 0 Å². The van der Waals surface area contributed by atoms with Gasteiger partial charge in [-0.1, -0.05) is 12.7 Å². The summed E-state index contributed by atoms with van der Waals surface area (Å²) in [5.74, 6) is 1.26. The molecule has 6 nitrogen and oxygen atoms in total. The normalized spacial score (nSPS) is 10.9. The molecule has 144 valence electrons. The number of benzene rings is 2. The Hall–Kier alpha value is -2.81. The lowest BCUT2D eigenvalue weighted by Gasteiger charge is -2.06. The minimum atomic E-state index is -0.425. The van der Waals surface area contributed by atoms with Gasteiger partial charge in [0.15, 0.2) is 5.76 Å². The number of nitrogens with zero attached hydrogens (tertiary/aromatic N) is 1. The molecule has 0 aliphatic carbocycles. The lowest BCUT2D eigenvalue weighted by Crippen LogP contribution is -2.16. The number of fused-ring (bicyclic) bond motifs is 1. The van der Waals surface area contributed by atoms with Crippen LogP contribution in [-0.2, 0) is 0 Å². The highest BCUT2D eigenvalue weighted by Crippen LogP contribution is 2.24. The number of ether oxygens (including phenoxy) is 2. The summed E-state index contributed by atoms with van der Waals surface area (Å²) in [7, 11) is 0. The predicted octanol–water partition coefficient (Wildman–Crippen LogP) is 4.76. The van der Waals surface area contributed by atoms with Gasteiger partial charge in [0.1, 0.15) is 23.7 Å². The SMILES string of the molecule is C=CCOc1ccc(/C=N/NC(=O)c2cc3cc(OCC)ccc3o2)cc1I. The van der Waals surface area contributed by atoms with Crippen molar-refractivity contribution < 1.29 is 18.7 Å². The van der Waals surface area contributed by atoms with E-state index >= 15 is 0 Å². The molecule has 0 aliphatic rings. The van der Waals surface area contributed by atoms with Crippen molar-refractivity contribution >= 4 is 45.7 Å². The van der Waals surface area contributed by atoms with E-state index in [-0.39, 0.29) is 5.76 Å². The number of nitrogens with one attached hydrogen (secondary N) is 1. The molecule has 1 amide bonds. The lowest BCUT2D eigenvalue weighted by molar-refractivity contribution is 0.0929.